The molecule has 0 heterocycles. The van der Waals surface area contributed by atoms with Crippen LogP contribution in [0.2, 0.25) is 0 Å². The molecule has 0 aliphatic heterocycles. The molecule has 0 unspecified atom stereocenters. The fraction of sp³-hybridized carbons (Fsp3) is 0.385. The van der Waals surface area contributed by atoms with E-state index >= 15 is 0 Å². The van der Waals surface area contributed by atoms with Crippen LogP contribution in [-0.2, 0) is 4.79 Å². The van der Waals surface area contributed by atoms with Gasteiger partial charge in [-0.25, -0.2) is 4.79 Å². The van der Waals surface area contributed by atoms with Crippen molar-refractivity contribution in [1.82, 2.24) is 10.6 Å². The third kappa shape index (κ3) is 5.74. The number of carbonyl (C=O) groups excluding carboxylic acids is 2. The highest BCUT2D eigenvalue weighted by Crippen LogP contribution is 2.25. The van der Waals surface area contributed by atoms with Gasteiger partial charge in [0, 0.05) is 6.04 Å². The van der Waals surface area contributed by atoms with Gasteiger partial charge < -0.3 is 10.1 Å². The summed E-state index contributed by atoms with van der Waals surface area (Å²) >= 11 is 3.34. The van der Waals surface area contributed by atoms with E-state index in [0.717, 1.165) is 10.0 Å². The second-order valence-corrected chi connectivity index (χ2v) is 5.25. The topological polar surface area (TPSA) is 67.4 Å². The molecule has 1 aromatic carbocycles. The smallest absolute Gasteiger partial charge is 0.321 e. The molecule has 0 aliphatic rings. The second-order valence-electron chi connectivity index (χ2n) is 4.40. The lowest BCUT2D eigenvalue weighted by Crippen LogP contribution is -2.44. The van der Waals surface area contributed by atoms with Gasteiger partial charge in [-0.2, -0.15) is 0 Å². The number of hydrogen-bond donors (Lipinski definition) is 2. The van der Waals surface area contributed by atoms with Gasteiger partial charge >= 0.3 is 6.03 Å². The number of aryl methyl sites for hydroxylation is 1. The van der Waals surface area contributed by atoms with Crippen LogP contribution >= 0.6 is 15.9 Å². The molecule has 1 aromatic rings. The van der Waals surface area contributed by atoms with Gasteiger partial charge in [-0.3, -0.25) is 10.1 Å². The summed E-state index contributed by atoms with van der Waals surface area (Å²) in [5.41, 5.74) is 1.08. The van der Waals surface area contributed by atoms with Gasteiger partial charge in [0.15, 0.2) is 6.61 Å². The van der Waals surface area contributed by atoms with E-state index in [2.05, 4.69) is 26.6 Å². The van der Waals surface area contributed by atoms with E-state index in [1.807, 2.05) is 32.9 Å². The number of hydrogen-bond acceptors (Lipinski definition) is 3. The third-order valence-corrected chi connectivity index (χ3v) is 2.74. The van der Waals surface area contributed by atoms with Crippen LogP contribution < -0.4 is 15.4 Å². The minimum absolute atomic E-state index is 0.0278. The van der Waals surface area contributed by atoms with Crippen molar-refractivity contribution in [3.8, 4) is 5.75 Å². The lowest BCUT2D eigenvalue weighted by molar-refractivity contribution is -0.122. The monoisotopic (exact) mass is 328 g/mol. The summed E-state index contributed by atoms with van der Waals surface area (Å²) in [7, 11) is 0. The average Bonchev–Trinajstić information content (AvgIpc) is 2.26. The Morgan fingerprint density at radius 2 is 2.05 bits per heavy atom. The highest BCUT2D eigenvalue weighted by Gasteiger charge is 2.10. The van der Waals surface area contributed by atoms with Gasteiger partial charge in [0.25, 0.3) is 5.91 Å². The molecule has 104 valence electrons. The van der Waals surface area contributed by atoms with Crippen LogP contribution in [0.1, 0.15) is 19.4 Å². The normalized spacial score (nSPS) is 10.2. The maximum Gasteiger partial charge on any atom is 0.321 e. The van der Waals surface area contributed by atoms with E-state index in [4.69, 9.17) is 4.74 Å². The van der Waals surface area contributed by atoms with E-state index in [1.165, 1.54) is 0 Å². The first kappa shape index (κ1) is 15.5. The fourth-order valence-electron chi connectivity index (χ4n) is 1.33. The van der Waals surface area contributed by atoms with E-state index in [9.17, 15) is 9.59 Å². The number of amides is 3. The molecule has 0 aliphatic carbocycles. The lowest BCUT2D eigenvalue weighted by atomic mass is 10.2. The van der Waals surface area contributed by atoms with Crippen LogP contribution in [0, 0.1) is 6.92 Å². The van der Waals surface area contributed by atoms with Crippen LogP contribution in [0.4, 0.5) is 4.79 Å². The summed E-state index contributed by atoms with van der Waals surface area (Å²) in [4.78, 5) is 22.8. The number of urea groups is 1. The Morgan fingerprint density at radius 3 is 2.63 bits per heavy atom. The van der Waals surface area contributed by atoms with Crippen LogP contribution in [0.15, 0.2) is 22.7 Å². The molecule has 6 heteroatoms. The molecule has 0 saturated heterocycles. The molecular weight excluding hydrogens is 312 g/mol. The standard InChI is InChI=1S/C13H17BrN2O3/c1-8(2)15-13(18)16-12(17)7-19-11-5-4-9(3)6-10(11)14/h4-6,8H,7H2,1-3H3,(H2,15,16,17,18). The summed E-state index contributed by atoms with van der Waals surface area (Å²) < 4.78 is 6.09. The minimum Gasteiger partial charge on any atom is -0.483 e. The third-order valence-electron chi connectivity index (χ3n) is 2.12. The molecule has 19 heavy (non-hydrogen) atoms. The average molecular weight is 329 g/mol. The second kappa shape index (κ2) is 7.13. The molecule has 0 aromatic heterocycles. The van der Waals surface area contributed by atoms with E-state index in [-0.39, 0.29) is 12.6 Å². The molecule has 3 amide bonds. The SMILES string of the molecule is Cc1ccc(OCC(=O)NC(=O)NC(C)C)c(Br)c1. The van der Waals surface area contributed by atoms with Crippen LogP contribution in [0.25, 0.3) is 0 Å². The first-order valence-corrected chi connectivity index (χ1v) is 6.67. The summed E-state index contributed by atoms with van der Waals surface area (Å²) in [5, 5.41) is 4.74. The maximum absolute atomic E-state index is 11.5. The zero-order valence-electron chi connectivity index (χ0n) is 11.1. The molecule has 5 nitrogen and oxygen atoms in total. The molecule has 2 N–H and O–H groups in total. The first-order chi connectivity index (χ1) is 8.88. The van der Waals surface area contributed by atoms with Crippen molar-refractivity contribution in [1.29, 1.82) is 0 Å². The quantitative estimate of drug-likeness (QED) is 0.891. The van der Waals surface area contributed by atoms with Crippen molar-refractivity contribution in [2.45, 2.75) is 26.8 Å². The summed E-state index contributed by atoms with van der Waals surface area (Å²) in [6.45, 7) is 5.36. The molecule has 0 atom stereocenters. The number of ether oxygens (including phenoxy) is 1. The van der Waals surface area contributed by atoms with Crippen molar-refractivity contribution in [2.24, 2.45) is 0 Å². The zero-order valence-corrected chi connectivity index (χ0v) is 12.7. The Labute approximate surface area is 120 Å². The molecule has 0 spiro atoms. The number of halogens is 1. The zero-order chi connectivity index (χ0) is 14.4. The van der Waals surface area contributed by atoms with Gasteiger partial charge in [-0.1, -0.05) is 6.07 Å². The Morgan fingerprint density at radius 1 is 1.37 bits per heavy atom. The van der Waals surface area contributed by atoms with E-state index in [1.54, 1.807) is 6.07 Å². The van der Waals surface area contributed by atoms with Gasteiger partial charge in [0.05, 0.1) is 4.47 Å². The molecule has 0 radical (unpaired) electrons. The molecule has 0 bridgehead atoms. The lowest BCUT2D eigenvalue weighted by Gasteiger charge is -2.10. The van der Waals surface area contributed by atoms with Crippen LogP contribution in [0.3, 0.4) is 0 Å². The maximum atomic E-state index is 11.5. The summed E-state index contributed by atoms with van der Waals surface area (Å²) in [6.07, 6.45) is 0. The number of benzene rings is 1. The number of rotatable bonds is 4. The van der Waals surface area contributed by atoms with Crippen molar-refractivity contribution in [2.75, 3.05) is 6.61 Å². The van der Waals surface area contributed by atoms with Crippen molar-refractivity contribution < 1.29 is 14.3 Å². The Kier molecular flexibility index (Phi) is 5.82. The van der Waals surface area contributed by atoms with Gasteiger partial charge in [0.1, 0.15) is 5.75 Å². The van der Waals surface area contributed by atoms with Gasteiger partial charge in [0.2, 0.25) is 0 Å². The molecule has 0 fully saturated rings. The number of nitrogens with one attached hydrogen (secondary N) is 2. The Bertz CT molecular complexity index is 475. The fourth-order valence-corrected chi connectivity index (χ4v) is 1.93. The summed E-state index contributed by atoms with van der Waals surface area (Å²) in [6, 6.07) is 4.98. The number of imide groups is 1. The van der Waals surface area contributed by atoms with E-state index in [0.29, 0.717) is 5.75 Å². The largest absolute Gasteiger partial charge is 0.483 e. The van der Waals surface area contributed by atoms with Gasteiger partial charge in [-0.05, 0) is 54.4 Å². The van der Waals surface area contributed by atoms with Crippen molar-refractivity contribution in [3.63, 3.8) is 0 Å². The van der Waals surface area contributed by atoms with E-state index < -0.39 is 11.9 Å². The van der Waals surface area contributed by atoms with Crippen LogP contribution in [0.5, 0.6) is 5.75 Å². The first-order valence-electron chi connectivity index (χ1n) is 5.87. The Hall–Kier alpha value is -1.56. The predicted molar refractivity (Wildman–Crippen MR) is 76.2 cm³/mol. The highest BCUT2D eigenvalue weighted by molar-refractivity contribution is 9.10. The minimum atomic E-state index is -0.522. The molecule has 0 saturated carbocycles. The van der Waals surface area contributed by atoms with Crippen LogP contribution in [-0.4, -0.2) is 24.6 Å². The predicted octanol–water partition coefficient (Wildman–Crippen LogP) is 2.37. The van der Waals surface area contributed by atoms with Gasteiger partial charge in [-0.15, -0.1) is 0 Å². The molecule has 1 rings (SSSR count). The highest BCUT2D eigenvalue weighted by atomic mass is 79.9. The molecular formula is C13H17BrN2O3. The van der Waals surface area contributed by atoms with Crippen molar-refractivity contribution >= 4 is 27.9 Å². The Balaban J connectivity index is 2.44. The number of carbonyl (C=O) groups is 2. The van der Waals surface area contributed by atoms with Crippen molar-refractivity contribution in [3.05, 3.63) is 28.2 Å². The summed E-state index contributed by atoms with van der Waals surface area (Å²) in [5.74, 6) is 0.0654.